The fourth-order valence-corrected chi connectivity index (χ4v) is 2.01. The zero-order chi connectivity index (χ0) is 13.3. The summed E-state index contributed by atoms with van der Waals surface area (Å²) < 4.78 is 5.35. The molecule has 0 saturated heterocycles. The molecule has 2 aromatic rings. The van der Waals surface area contributed by atoms with Gasteiger partial charge in [-0.25, -0.2) is 0 Å². The molecule has 0 atom stereocenters. The molecule has 0 aliphatic heterocycles. The van der Waals surface area contributed by atoms with E-state index in [1.165, 1.54) is 6.08 Å². The molecular weight excluding hydrogens is 232 g/mol. The van der Waals surface area contributed by atoms with Gasteiger partial charge in [-0.1, -0.05) is 12.1 Å². The zero-order valence-corrected chi connectivity index (χ0v) is 10.5. The number of rotatable bonds is 3. The van der Waals surface area contributed by atoms with Crippen molar-refractivity contribution in [1.29, 1.82) is 0 Å². The number of hydrogen-bond donors (Lipinski definition) is 1. The first-order chi connectivity index (χ1) is 8.54. The molecule has 0 saturated carbocycles. The van der Waals surface area contributed by atoms with Gasteiger partial charge < -0.3 is 9.72 Å². The Morgan fingerprint density at radius 3 is 2.72 bits per heavy atom. The number of nitrogens with one attached hydrogen (secondary N) is 1. The smallest absolute Gasteiger partial charge is 0.235 e. The number of aromatic nitrogens is 1. The molecule has 0 bridgehead atoms. The number of methoxy groups -OCH3 is 1. The second-order valence-electron chi connectivity index (χ2n) is 4.09. The van der Waals surface area contributed by atoms with E-state index in [1.807, 2.05) is 26.0 Å². The molecule has 2 rings (SSSR count). The summed E-state index contributed by atoms with van der Waals surface area (Å²) in [5.41, 5.74) is 3.78. The number of aryl methyl sites for hydroxylation is 2. The molecule has 0 radical (unpaired) electrons. The average molecular weight is 246 g/mol. The van der Waals surface area contributed by atoms with Crippen molar-refractivity contribution < 1.29 is 9.66 Å². The van der Waals surface area contributed by atoms with Crippen molar-refractivity contribution in [3.8, 4) is 5.75 Å². The maximum absolute atomic E-state index is 10.4. The number of aromatic amines is 1. The highest BCUT2D eigenvalue weighted by Crippen LogP contribution is 2.33. The molecule has 0 unspecified atom stereocenters. The van der Waals surface area contributed by atoms with Crippen LogP contribution in [0.2, 0.25) is 0 Å². The lowest BCUT2D eigenvalue weighted by Gasteiger charge is -2.05. The number of ether oxygens (including phenoxy) is 1. The van der Waals surface area contributed by atoms with Gasteiger partial charge >= 0.3 is 0 Å². The van der Waals surface area contributed by atoms with Gasteiger partial charge in [-0.3, -0.25) is 10.1 Å². The van der Waals surface area contributed by atoms with Crippen molar-refractivity contribution in [2.45, 2.75) is 13.8 Å². The number of hydrogen-bond acceptors (Lipinski definition) is 3. The summed E-state index contributed by atoms with van der Waals surface area (Å²) in [5.74, 6) is 0.627. The first-order valence-corrected chi connectivity index (χ1v) is 5.52. The highest BCUT2D eigenvalue weighted by Gasteiger charge is 2.12. The van der Waals surface area contributed by atoms with E-state index >= 15 is 0 Å². The van der Waals surface area contributed by atoms with E-state index in [0.29, 0.717) is 11.3 Å². The van der Waals surface area contributed by atoms with Gasteiger partial charge in [0.2, 0.25) is 6.20 Å². The van der Waals surface area contributed by atoms with Crippen LogP contribution in [-0.2, 0) is 0 Å². The minimum atomic E-state index is -0.491. The van der Waals surface area contributed by atoms with E-state index in [4.69, 9.17) is 4.74 Å². The van der Waals surface area contributed by atoms with Crippen molar-refractivity contribution in [1.82, 2.24) is 4.98 Å². The van der Waals surface area contributed by atoms with E-state index in [-0.39, 0.29) is 0 Å². The van der Waals surface area contributed by atoms with Crippen molar-refractivity contribution in [3.05, 3.63) is 45.3 Å². The Hall–Kier alpha value is -2.30. The molecule has 0 spiro atoms. The first-order valence-electron chi connectivity index (χ1n) is 5.52. The number of nitrogens with zero attached hydrogens (tertiary/aromatic N) is 1. The van der Waals surface area contributed by atoms with Gasteiger partial charge in [0.15, 0.2) is 0 Å². The lowest BCUT2D eigenvalue weighted by atomic mass is 10.1. The highest BCUT2D eigenvalue weighted by atomic mass is 16.6. The Labute approximate surface area is 104 Å². The summed E-state index contributed by atoms with van der Waals surface area (Å²) in [6.45, 7) is 4.02. The molecule has 5 heteroatoms. The summed E-state index contributed by atoms with van der Waals surface area (Å²) in [6.07, 6.45) is 2.34. The predicted octanol–water partition coefficient (Wildman–Crippen LogP) is 3.04. The third kappa shape index (κ3) is 1.95. The van der Waals surface area contributed by atoms with E-state index in [2.05, 4.69) is 4.98 Å². The van der Waals surface area contributed by atoms with Crippen LogP contribution >= 0.6 is 0 Å². The van der Waals surface area contributed by atoms with Crippen LogP contribution in [0.5, 0.6) is 5.75 Å². The lowest BCUT2D eigenvalue weighted by Crippen LogP contribution is -1.90. The molecule has 1 aromatic heterocycles. The minimum absolute atomic E-state index is 0.491. The largest absolute Gasteiger partial charge is 0.494 e. The normalized spacial score (nSPS) is 11.3. The predicted molar refractivity (Wildman–Crippen MR) is 70.4 cm³/mol. The molecule has 1 aromatic carbocycles. The molecule has 94 valence electrons. The Morgan fingerprint density at radius 1 is 1.39 bits per heavy atom. The van der Waals surface area contributed by atoms with Crippen LogP contribution in [0.4, 0.5) is 0 Å². The maximum atomic E-state index is 10.4. The second-order valence-corrected chi connectivity index (χ2v) is 4.09. The summed E-state index contributed by atoms with van der Waals surface area (Å²) in [6, 6.07) is 3.76. The van der Waals surface area contributed by atoms with Crippen LogP contribution in [0.3, 0.4) is 0 Å². The Balaban J connectivity index is 2.66. The summed E-state index contributed by atoms with van der Waals surface area (Å²) in [4.78, 5) is 13.1. The fraction of sp³-hybridized carbons (Fsp3) is 0.231. The van der Waals surface area contributed by atoms with E-state index in [0.717, 1.165) is 28.4 Å². The molecule has 0 fully saturated rings. The summed E-state index contributed by atoms with van der Waals surface area (Å²) in [7, 11) is 1.56. The van der Waals surface area contributed by atoms with Crippen molar-refractivity contribution in [2.24, 2.45) is 0 Å². The van der Waals surface area contributed by atoms with E-state index < -0.39 is 4.92 Å². The van der Waals surface area contributed by atoms with Crippen molar-refractivity contribution >= 4 is 17.0 Å². The Kier molecular flexibility index (Phi) is 3.06. The van der Waals surface area contributed by atoms with Crippen LogP contribution in [0, 0.1) is 24.0 Å². The fourth-order valence-electron chi connectivity index (χ4n) is 2.01. The molecule has 1 heterocycles. The van der Waals surface area contributed by atoms with Gasteiger partial charge in [0, 0.05) is 22.7 Å². The van der Waals surface area contributed by atoms with Crippen LogP contribution in [0.1, 0.15) is 16.8 Å². The quantitative estimate of drug-likeness (QED) is 0.668. The topological polar surface area (TPSA) is 68.2 Å². The first kappa shape index (κ1) is 12.2. The maximum Gasteiger partial charge on any atom is 0.235 e. The summed E-state index contributed by atoms with van der Waals surface area (Å²) in [5, 5.41) is 11.4. The SMILES string of the molecule is COc1c(/C=C/[N+](=O)[O-])ccc2c(C)c(C)[nH]c12. The van der Waals surface area contributed by atoms with Crippen molar-refractivity contribution in [2.75, 3.05) is 7.11 Å². The minimum Gasteiger partial charge on any atom is -0.494 e. The number of fused-ring (bicyclic) bond motifs is 1. The number of benzene rings is 1. The highest BCUT2D eigenvalue weighted by molar-refractivity contribution is 5.92. The van der Waals surface area contributed by atoms with Crippen LogP contribution in [-0.4, -0.2) is 17.0 Å². The number of nitro groups is 1. The van der Waals surface area contributed by atoms with E-state index in [9.17, 15) is 10.1 Å². The van der Waals surface area contributed by atoms with Gasteiger partial charge in [0.05, 0.1) is 17.5 Å². The number of H-pyrrole nitrogens is 1. The molecule has 0 amide bonds. The molecular formula is C13H14N2O3. The van der Waals surface area contributed by atoms with Crippen LogP contribution < -0.4 is 4.74 Å². The van der Waals surface area contributed by atoms with Gasteiger partial charge in [-0.15, -0.1) is 0 Å². The molecule has 5 nitrogen and oxygen atoms in total. The third-order valence-electron chi connectivity index (χ3n) is 3.05. The molecule has 0 aliphatic rings. The molecule has 18 heavy (non-hydrogen) atoms. The monoisotopic (exact) mass is 246 g/mol. The van der Waals surface area contributed by atoms with Gasteiger partial charge in [-0.2, -0.15) is 0 Å². The zero-order valence-electron chi connectivity index (χ0n) is 10.5. The standard InChI is InChI=1S/C13H14N2O3/c1-8-9(2)14-12-11(8)5-4-10(13(12)18-3)6-7-15(16)17/h4-7,14H,1-3H3/b7-6+. The van der Waals surface area contributed by atoms with Gasteiger partial charge in [0.25, 0.3) is 0 Å². The van der Waals surface area contributed by atoms with Gasteiger partial charge in [-0.05, 0) is 19.4 Å². The van der Waals surface area contributed by atoms with E-state index in [1.54, 1.807) is 7.11 Å². The molecule has 1 N–H and O–H groups in total. The Morgan fingerprint density at radius 2 is 2.11 bits per heavy atom. The van der Waals surface area contributed by atoms with Crippen LogP contribution in [0.15, 0.2) is 18.3 Å². The van der Waals surface area contributed by atoms with Gasteiger partial charge in [0.1, 0.15) is 5.75 Å². The third-order valence-corrected chi connectivity index (χ3v) is 3.05. The summed E-state index contributed by atoms with van der Waals surface area (Å²) >= 11 is 0. The average Bonchev–Trinajstić information content (AvgIpc) is 2.62. The molecule has 0 aliphatic carbocycles. The lowest BCUT2D eigenvalue weighted by molar-refractivity contribution is -0.400. The van der Waals surface area contributed by atoms with Crippen molar-refractivity contribution in [3.63, 3.8) is 0 Å². The van der Waals surface area contributed by atoms with Crippen LogP contribution in [0.25, 0.3) is 17.0 Å². The Bertz CT molecular complexity index is 641. The second kappa shape index (κ2) is 4.52.